The Morgan fingerprint density at radius 1 is 0.926 bits per heavy atom. The zero-order chi connectivity index (χ0) is 19.5. The van der Waals surface area contributed by atoms with Crippen LogP contribution in [0.25, 0.3) is 0 Å². The molecule has 1 atom stereocenters. The lowest BCUT2D eigenvalue weighted by Crippen LogP contribution is -2.31. The van der Waals surface area contributed by atoms with Crippen LogP contribution in [0.2, 0.25) is 0 Å². The Hall–Kier alpha value is -1.94. The van der Waals surface area contributed by atoms with Crippen LogP contribution in [0.5, 0.6) is 0 Å². The summed E-state index contributed by atoms with van der Waals surface area (Å²) >= 11 is 0. The van der Waals surface area contributed by atoms with Gasteiger partial charge in [-0.05, 0) is 56.2 Å². The highest BCUT2D eigenvalue weighted by Gasteiger charge is 2.20. The van der Waals surface area contributed by atoms with Gasteiger partial charge in [0, 0.05) is 18.8 Å². The summed E-state index contributed by atoms with van der Waals surface area (Å²) in [6.07, 6.45) is 1.67. The van der Waals surface area contributed by atoms with Gasteiger partial charge in [-0.25, -0.2) is 21.6 Å². The fourth-order valence-corrected chi connectivity index (χ4v) is 4.85. The summed E-state index contributed by atoms with van der Waals surface area (Å²) in [7, 11) is -7.40. The summed E-state index contributed by atoms with van der Waals surface area (Å²) in [5.41, 5.74) is 1.24. The van der Waals surface area contributed by atoms with E-state index in [1.807, 2.05) is 6.92 Å². The molecule has 0 radical (unpaired) electrons. The molecule has 2 aromatic rings. The number of aryl methyl sites for hydroxylation is 1. The van der Waals surface area contributed by atoms with Crippen LogP contribution < -0.4 is 9.44 Å². The number of nitrogens with one attached hydrogen (secondary N) is 2. The van der Waals surface area contributed by atoms with E-state index in [0.29, 0.717) is 6.61 Å². The largest absolute Gasteiger partial charge is 0.377 e. The molecule has 0 aliphatic carbocycles. The molecule has 7 nitrogen and oxygen atoms in total. The second-order valence-corrected chi connectivity index (χ2v) is 9.88. The van der Waals surface area contributed by atoms with Crippen LogP contribution in [0.15, 0.2) is 58.3 Å². The molecular weight excluding hydrogens is 388 g/mol. The lowest BCUT2D eigenvalue weighted by molar-refractivity contribution is 0.114. The van der Waals surface area contributed by atoms with E-state index in [0.717, 1.165) is 18.4 Å². The second kappa shape index (κ2) is 7.97. The molecule has 1 saturated heterocycles. The van der Waals surface area contributed by atoms with Crippen molar-refractivity contribution in [2.45, 2.75) is 35.7 Å². The van der Waals surface area contributed by atoms with E-state index in [2.05, 4.69) is 9.44 Å². The highest BCUT2D eigenvalue weighted by molar-refractivity contribution is 7.92. The first-order valence-electron chi connectivity index (χ1n) is 8.57. The quantitative estimate of drug-likeness (QED) is 0.729. The molecule has 1 fully saturated rings. The van der Waals surface area contributed by atoms with Gasteiger partial charge >= 0.3 is 0 Å². The predicted molar refractivity (Wildman–Crippen MR) is 103 cm³/mol. The summed E-state index contributed by atoms with van der Waals surface area (Å²) in [5.74, 6) is 0. The molecule has 1 aliphatic heterocycles. The molecule has 146 valence electrons. The van der Waals surface area contributed by atoms with Crippen molar-refractivity contribution in [3.63, 3.8) is 0 Å². The van der Waals surface area contributed by atoms with Gasteiger partial charge in [0.2, 0.25) is 10.0 Å². The van der Waals surface area contributed by atoms with Gasteiger partial charge in [-0.2, -0.15) is 0 Å². The Morgan fingerprint density at radius 2 is 1.52 bits per heavy atom. The van der Waals surface area contributed by atoms with Crippen LogP contribution in [0, 0.1) is 6.92 Å². The van der Waals surface area contributed by atoms with E-state index >= 15 is 0 Å². The Morgan fingerprint density at radius 3 is 2.11 bits per heavy atom. The predicted octanol–water partition coefficient (Wildman–Crippen LogP) is 2.25. The van der Waals surface area contributed by atoms with Crippen molar-refractivity contribution in [2.75, 3.05) is 17.9 Å². The molecule has 0 bridgehead atoms. The van der Waals surface area contributed by atoms with Crippen molar-refractivity contribution in [1.29, 1.82) is 0 Å². The molecule has 0 spiro atoms. The van der Waals surface area contributed by atoms with E-state index in [9.17, 15) is 16.8 Å². The third-order valence-corrected chi connectivity index (χ3v) is 7.11. The fourth-order valence-electron chi connectivity index (χ4n) is 2.72. The molecule has 0 saturated carbocycles. The Kier molecular flexibility index (Phi) is 5.85. The monoisotopic (exact) mass is 410 g/mol. The SMILES string of the molecule is Cc1ccc(S(=O)(=O)Nc2ccc(S(=O)(=O)NC[C@@H]3CCCO3)cc2)cc1. The van der Waals surface area contributed by atoms with Gasteiger partial charge < -0.3 is 4.74 Å². The van der Waals surface area contributed by atoms with Gasteiger partial charge in [-0.1, -0.05) is 17.7 Å². The van der Waals surface area contributed by atoms with E-state index in [1.165, 1.54) is 36.4 Å². The summed E-state index contributed by atoms with van der Waals surface area (Å²) in [5, 5.41) is 0. The van der Waals surface area contributed by atoms with Crippen molar-refractivity contribution in [3.05, 3.63) is 54.1 Å². The smallest absolute Gasteiger partial charge is 0.261 e. The molecule has 1 aliphatic rings. The lowest BCUT2D eigenvalue weighted by Gasteiger charge is -2.12. The minimum Gasteiger partial charge on any atom is -0.377 e. The highest BCUT2D eigenvalue weighted by atomic mass is 32.2. The molecule has 0 aromatic heterocycles. The average molecular weight is 411 g/mol. The maximum atomic E-state index is 12.4. The van der Waals surface area contributed by atoms with E-state index in [4.69, 9.17) is 4.74 Å². The molecule has 27 heavy (non-hydrogen) atoms. The topological polar surface area (TPSA) is 102 Å². The maximum absolute atomic E-state index is 12.4. The third kappa shape index (κ3) is 5.07. The summed E-state index contributed by atoms with van der Waals surface area (Å²) in [6, 6.07) is 12.0. The highest BCUT2D eigenvalue weighted by Crippen LogP contribution is 2.19. The van der Waals surface area contributed by atoms with Crippen LogP contribution in [0.1, 0.15) is 18.4 Å². The Balaban J connectivity index is 1.68. The van der Waals surface area contributed by atoms with Crippen molar-refractivity contribution in [3.8, 4) is 0 Å². The van der Waals surface area contributed by atoms with Crippen LogP contribution in [0.4, 0.5) is 5.69 Å². The first-order valence-corrected chi connectivity index (χ1v) is 11.5. The van der Waals surface area contributed by atoms with Crippen LogP contribution in [-0.2, 0) is 24.8 Å². The van der Waals surface area contributed by atoms with Gasteiger partial charge in [0.1, 0.15) is 0 Å². The zero-order valence-corrected chi connectivity index (χ0v) is 16.5. The molecule has 2 aromatic carbocycles. The summed E-state index contributed by atoms with van der Waals surface area (Å²) in [6.45, 7) is 2.75. The first kappa shape index (κ1) is 19.8. The Bertz CT molecular complexity index is 979. The van der Waals surface area contributed by atoms with Crippen molar-refractivity contribution in [2.24, 2.45) is 0 Å². The molecule has 0 amide bonds. The summed E-state index contributed by atoms with van der Waals surface area (Å²) in [4.78, 5) is 0.210. The normalized spacial score (nSPS) is 17.7. The van der Waals surface area contributed by atoms with Crippen LogP contribution in [-0.4, -0.2) is 36.1 Å². The maximum Gasteiger partial charge on any atom is 0.261 e. The standard InChI is InChI=1S/C18H22N2O5S2/c1-14-4-8-18(9-5-14)27(23,24)20-15-6-10-17(11-7-15)26(21,22)19-13-16-3-2-12-25-16/h4-11,16,19-20H,2-3,12-13H2,1H3/t16-/m0/s1. The minimum absolute atomic E-state index is 0.0683. The molecule has 1 heterocycles. The first-order chi connectivity index (χ1) is 12.8. The number of ether oxygens (including phenoxy) is 1. The fraction of sp³-hybridized carbons (Fsp3) is 0.333. The lowest BCUT2D eigenvalue weighted by atomic mass is 10.2. The van der Waals surface area contributed by atoms with Gasteiger partial charge in [-0.3, -0.25) is 4.72 Å². The molecular formula is C18H22N2O5S2. The number of benzene rings is 2. The molecule has 3 rings (SSSR count). The van der Waals surface area contributed by atoms with E-state index in [1.54, 1.807) is 12.1 Å². The van der Waals surface area contributed by atoms with Crippen molar-refractivity contribution >= 4 is 25.7 Å². The second-order valence-electron chi connectivity index (χ2n) is 6.43. The number of hydrogen-bond acceptors (Lipinski definition) is 5. The van der Waals surface area contributed by atoms with Crippen molar-refractivity contribution < 1.29 is 21.6 Å². The van der Waals surface area contributed by atoms with Gasteiger partial charge in [0.25, 0.3) is 10.0 Å². The summed E-state index contributed by atoms with van der Waals surface area (Å²) < 4.78 is 59.8. The molecule has 0 unspecified atom stereocenters. The van der Waals surface area contributed by atoms with E-state index in [-0.39, 0.29) is 28.1 Å². The molecule has 9 heteroatoms. The van der Waals surface area contributed by atoms with Gasteiger partial charge in [0.05, 0.1) is 15.9 Å². The van der Waals surface area contributed by atoms with Gasteiger partial charge in [0.15, 0.2) is 0 Å². The number of rotatable bonds is 7. The number of anilines is 1. The average Bonchev–Trinajstić information content (AvgIpc) is 3.14. The van der Waals surface area contributed by atoms with Crippen molar-refractivity contribution in [1.82, 2.24) is 4.72 Å². The van der Waals surface area contributed by atoms with Gasteiger partial charge in [-0.15, -0.1) is 0 Å². The number of hydrogen-bond donors (Lipinski definition) is 2. The van der Waals surface area contributed by atoms with Crippen LogP contribution >= 0.6 is 0 Å². The van der Waals surface area contributed by atoms with E-state index < -0.39 is 20.0 Å². The Labute approximate surface area is 159 Å². The minimum atomic E-state index is -3.73. The third-order valence-electron chi connectivity index (χ3n) is 4.27. The molecule has 2 N–H and O–H groups in total. The zero-order valence-electron chi connectivity index (χ0n) is 14.9. The number of sulfonamides is 2. The van der Waals surface area contributed by atoms with Crippen LogP contribution in [0.3, 0.4) is 0 Å².